The van der Waals surface area contributed by atoms with E-state index < -0.39 is 0 Å². The van der Waals surface area contributed by atoms with Crippen LogP contribution in [0.2, 0.25) is 0 Å². The largest absolute Gasteiger partial charge is 0.382 e. The van der Waals surface area contributed by atoms with Crippen LogP contribution < -0.4 is 5.32 Å². The van der Waals surface area contributed by atoms with Gasteiger partial charge in [-0.25, -0.2) is 0 Å². The van der Waals surface area contributed by atoms with E-state index in [1.54, 1.807) is 0 Å². The van der Waals surface area contributed by atoms with Crippen LogP contribution in [0.15, 0.2) is 24.3 Å². The predicted octanol–water partition coefficient (Wildman–Crippen LogP) is 2.68. The maximum absolute atomic E-state index is 3.51. The molecular formula is C11H15N. The number of hydrogen-bond donors (Lipinski definition) is 1. The first-order valence-electron chi connectivity index (χ1n) is 4.62. The van der Waals surface area contributed by atoms with Crippen LogP contribution in [0.1, 0.15) is 19.4 Å². The summed E-state index contributed by atoms with van der Waals surface area (Å²) in [6, 6.07) is 9.19. The summed E-state index contributed by atoms with van der Waals surface area (Å²) < 4.78 is 0. The number of fused-ring (bicyclic) bond motifs is 1. The van der Waals surface area contributed by atoms with Crippen LogP contribution in [0.4, 0.5) is 5.69 Å². The maximum Gasteiger partial charge on any atom is 0.0374 e. The van der Waals surface area contributed by atoms with Crippen molar-refractivity contribution in [3.63, 3.8) is 0 Å². The Morgan fingerprint density at radius 3 is 2.83 bits per heavy atom. The van der Waals surface area contributed by atoms with Gasteiger partial charge in [0.05, 0.1) is 0 Å². The molecule has 1 aliphatic heterocycles. The van der Waals surface area contributed by atoms with Gasteiger partial charge in [0.1, 0.15) is 0 Å². The topological polar surface area (TPSA) is 12.0 Å². The van der Waals surface area contributed by atoms with E-state index in [0.717, 1.165) is 5.92 Å². The Labute approximate surface area is 73.8 Å². The molecule has 1 aliphatic rings. The standard InChI is InChI=1S/C11H15N/c1-8-7-10-5-3-4-6-11(10)12-9(8)2/h3-6,8-9,12H,7H2,1-2H3/t8-,9-/m1/s1. The number of benzene rings is 1. The highest BCUT2D eigenvalue weighted by Gasteiger charge is 2.19. The number of rotatable bonds is 0. The minimum Gasteiger partial charge on any atom is -0.382 e. The quantitative estimate of drug-likeness (QED) is 0.617. The molecule has 1 aromatic carbocycles. The van der Waals surface area contributed by atoms with Crippen molar-refractivity contribution in [1.82, 2.24) is 0 Å². The third-order valence-corrected chi connectivity index (χ3v) is 2.80. The van der Waals surface area contributed by atoms with Gasteiger partial charge < -0.3 is 5.32 Å². The molecule has 1 aromatic rings. The van der Waals surface area contributed by atoms with Crippen molar-refractivity contribution in [3.8, 4) is 0 Å². The van der Waals surface area contributed by atoms with E-state index in [0.29, 0.717) is 6.04 Å². The summed E-state index contributed by atoms with van der Waals surface area (Å²) >= 11 is 0. The first-order chi connectivity index (χ1) is 5.77. The van der Waals surface area contributed by atoms with Gasteiger partial charge in [-0.05, 0) is 30.9 Å². The zero-order valence-electron chi connectivity index (χ0n) is 7.67. The lowest BCUT2D eigenvalue weighted by atomic mass is 9.90. The van der Waals surface area contributed by atoms with Crippen molar-refractivity contribution in [2.24, 2.45) is 5.92 Å². The third kappa shape index (κ3) is 1.20. The van der Waals surface area contributed by atoms with E-state index in [2.05, 4.69) is 43.4 Å². The molecule has 64 valence electrons. The molecule has 0 aliphatic carbocycles. The van der Waals surface area contributed by atoms with E-state index in [-0.39, 0.29) is 0 Å². The van der Waals surface area contributed by atoms with Gasteiger partial charge in [-0.1, -0.05) is 25.1 Å². The molecule has 0 saturated carbocycles. The van der Waals surface area contributed by atoms with Crippen LogP contribution in [0.25, 0.3) is 0 Å². The molecule has 0 aromatic heterocycles. The Balaban J connectivity index is 2.34. The van der Waals surface area contributed by atoms with Crippen molar-refractivity contribution in [3.05, 3.63) is 29.8 Å². The lowest BCUT2D eigenvalue weighted by Crippen LogP contribution is -2.30. The van der Waals surface area contributed by atoms with Crippen LogP contribution >= 0.6 is 0 Å². The van der Waals surface area contributed by atoms with E-state index >= 15 is 0 Å². The van der Waals surface area contributed by atoms with Crippen molar-refractivity contribution in [2.45, 2.75) is 26.3 Å². The Kier molecular flexibility index (Phi) is 1.80. The monoisotopic (exact) mass is 161 g/mol. The van der Waals surface area contributed by atoms with Gasteiger partial charge >= 0.3 is 0 Å². The molecule has 2 atom stereocenters. The SMILES string of the molecule is C[C@@H]1Cc2ccccc2N[C@@H]1C. The van der Waals surface area contributed by atoms with Crippen molar-refractivity contribution >= 4 is 5.69 Å². The van der Waals surface area contributed by atoms with Gasteiger partial charge in [0.15, 0.2) is 0 Å². The van der Waals surface area contributed by atoms with Gasteiger partial charge in [-0.3, -0.25) is 0 Å². The summed E-state index contributed by atoms with van der Waals surface area (Å²) in [7, 11) is 0. The molecule has 0 saturated heterocycles. The molecular weight excluding hydrogens is 146 g/mol. The van der Waals surface area contributed by atoms with Gasteiger partial charge in [0.2, 0.25) is 0 Å². The number of para-hydroxylation sites is 1. The Morgan fingerprint density at radius 1 is 1.25 bits per heavy atom. The molecule has 0 unspecified atom stereocenters. The predicted molar refractivity (Wildman–Crippen MR) is 52.4 cm³/mol. The average molecular weight is 161 g/mol. The lowest BCUT2D eigenvalue weighted by molar-refractivity contribution is 0.491. The van der Waals surface area contributed by atoms with E-state index in [4.69, 9.17) is 0 Å². The fourth-order valence-corrected chi connectivity index (χ4v) is 1.75. The Hall–Kier alpha value is -0.980. The fraction of sp³-hybridized carbons (Fsp3) is 0.455. The van der Waals surface area contributed by atoms with Crippen LogP contribution in [-0.2, 0) is 6.42 Å². The normalized spacial score (nSPS) is 27.5. The van der Waals surface area contributed by atoms with Gasteiger partial charge in [-0.2, -0.15) is 0 Å². The van der Waals surface area contributed by atoms with Crippen LogP contribution in [0.3, 0.4) is 0 Å². The highest BCUT2D eigenvalue weighted by molar-refractivity contribution is 5.53. The Bertz CT molecular complexity index is 251. The van der Waals surface area contributed by atoms with Gasteiger partial charge in [-0.15, -0.1) is 0 Å². The van der Waals surface area contributed by atoms with E-state index in [9.17, 15) is 0 Å². The zero-order valence-corrected chi connectivity index (χ0v) is 7.67. The van der Waals surface area contributed by atoms with Crippen molar-refractivity contribution < 1.29 is 0 Å². The number of hydrogen-bond acceptors (Lipinski definition) is 1. The van der Waals surface area contributed by atoms with E-state index in [1.807, 2.05) is 0 Å². The molecule has 0 bridgehead atoms. The molecule has 0 radical (unpaired) electrons. The van der Waals surface area contributed by atoms with E-state index in [1.165, 1.54) is 17.7 Å². The summed E-state index contributed by atoms with van der Waals surface area (Å²) in [4.78, 5) is 0. The first-order valence-corrected chi connectivity index (χ1v) is 4.62. The molecule has 1 heterocycles. The molecule has 1 N–H and O–H groups in total. The second-order valence-corrected chi connectivity index (χ2v) is 3.77. The highest BCUT2D eigenvalue weighted by Crippen LogP contribution is 2.27. The summed E-state index contributed by atoms with van der Waals surface area (Å²) in [6.45, 7) is 4.55. The summed E-state index contributed by atoms with van der Waals surface area (Å²) in [5.41, 5.74) is 2.78. The van der Waals surface area contributed by atoms with Crippen molar-refractivity contribution in [1.29, 1.82) is 0 Å². The van der Waals surface area contributed by atoms with Gasteiger partial charge in [0.25, 0.3) is 0 Å². The zero-order chi connectivity index (χ0) is 8.55. The average Bonchev–Trinajstić information content (AvgIpc) is 2.07. The second kappa shape index (κ2) is 2.81. The summed E-state index contributed by atoms with van der Waals surface area (Å²) in [5.74, 6) is 0.750. The summed E-state index contributed by atoms with van der Waals surface area (Å²) in [5, 5.41) is 3.51. The minimum atomic E-state index is 0.611. The van der Waals surface area contributed by atoms with Crippen LogP contribution in [0.5, 0.6) is 0 Å². The minimum absolute atomic E-state index is 0.611. The number of anilines is 1. The molecule has 12 heavy (non-hydrogen) atoms. The van der Waals surface area contributed by atoms with Crippen molar-refractivity contribution in [2.75, 3.05) is 5.32 Å². The second-order valence-electron chi connectivity index (χ2n) is 3.77. The highest BCUT2D eigenvalue weighted by atomic mass is 14.9. The van der Waals surface area contributed by atoms with Crippen LogP contribution in [0, 0.1) is 5.92 Å². The molecule has 0 spiro atoms. The maximum atomic E-state index is 3.51. The number of nitrogens with one attached hydrogen (secondary N) is 1. The molecule has 0 amide bonds. The molecule has 2 rings (SSSR count). The molecule has 1 nitrogen and oxygen atoms in total. The lowest BCUT2D eigenvalue weighted by Gasteiger charge is -2.29. The molecule has 0 fully saturated rings. The third-order valence-electron chi connectivity index (χ3n) is 2.80. The summed E-state index contributed by atoms with van der Waals surface area (Å²) in [6.07, 6.45) is 1.21. The fourth-order valence-electron chi connectivity index (χ4n) is 1.75. The van der Waals surface area contributed by atoms with Gasteiger partial charge in [0, 0.05) is 11.7 Å². The van der Waals surface area contributed by atoms with Crippen LogP contribution in [-0.4, -0.2) is 6.04 Å². The Morgan fingerprint density at radius 2 is 2.00 bits per heavy atom. The molecule has 1 heteroatoms. The smallest absolute Gasteiger partial charge is 0.0374 e. The first kappa shape index (κ1) is 7.66.